The highest BCUT2D eigenvalue weighted by molar-refractivity contribution is 5.41. The third kappa shape index (κ3) is 3.42. The molecular weight excluding hydrogens is 258 g/mol. The van der Waals surface area contributed by atoms with E-state index in [9.17, 15) is 0 Å². The van der Waals surface area contributed by atoms with E-state index >= 15 is 0 Å². The van der Waals surface area contributed by atoms with Crippen LogP contribution in [-0.2, 0) is 6.54 Å². The number of anilines is 1. The maximum Gasteiger partial charge on any atom is 0.129 e. The minimum Gasteiger partial charge on any atom is -0.351 e. The minimum absolute atomic E-state index is 0.497. The van der Waals surface area contributed by atoms with Gasteiger partial charge in [0.05, 0.1) is 0 Å². The normalized spacial score (nSPS) is 19.7. The van der Waals surface area contributed by atoms with Crippen LogP contribution in [0, 0.1) is 6.92 Å². The first-order valence-corrected chi connectivity index (χ1v) is 7.69. The van der Waals surface area contributed by atoms with E-state index in [4.69, 9.17) is 0 Å². The van der Waals surface area contributed by atoms with Crippen molar-refractivity contribution in [2.24, 2.45) is 0 Å². The van der Waals surface area contributed by atoms with Crippen molar-refractivity contribution >= 4 is 5.82 Å². The number of piperazine rings is 1. The molecule has 1 aromatic heterocycles. The summed E-state index contributed by atoms with van der Waals surface area (Å²) < 4.78 is 0. The topological polar surface area (TPSA) is 19.4 Å². The van der Waals surface area contributed by atoms with Crippen LogP contribution in [0.1, 0.15) is 18.2 Å². The average molecular weight is 281 g/mol. The van der Waals surface area contributed by atoms with Crippen LogP contribution >= 0.6 is 0 Å². The van der Waals surface area contributed by atoms with Gasteiger partial charge in [-0.2, -0.15) is 0 Å². The summed E-state index contributed by atoms with van der Waals surface area (Å²) in [6, 6.07) is 17.5. The fraction of sp³-hybridized carbons (Fsp3) is 0.389. The summed E-state index contributed by atoms with van der Waals surface area (Å²) >= 11 is 0. The van der Waals surface area contributed by atoms with Crippen LogP contribution in [0.2, 0.25) is 0 Å². The first-order valence-electron chi connectivity index (χ1n) is 7.69. The van der Waals surface area contributed by atoms with Gasteiger partial charge in [-0.1, -0.05) is 36.4 Å². The number of nitrogens with zero attached hydrogens (tertiary/aromatic N) is 3. The second-order valence-corrected chi connectivity index (χ2v) is 5.90. The Hall–Kier alpha value is -1.87. The van der Waals surface area contributed by atoms with Crippen molar-refractivity contribution in [3.05, 3.63) is 59.8 Å². The van der Waals surface area contributed by atoms with Gasteiger partial charge in [0, 0.05) is 37.9 Å². The van der Waals surface area contributed by atoms with Crippen molar-refractivity contribution in [2.75, 3.05) is 24.5 Å². The maximum atomic E-state index is 4.66. The summed E-state index contributed by atoms with van der Waals surface area (Å²) in [6.07, 6.45) is 0. The molecule has 0 amide bonds. The average Bonchev–Trinajstić information content (AvgIpc) is 2.48. The molecule has 1 atom stereocenters. The van der Waals surface area contributed by atoms with Gasteiger partial charge in [-0.3, -0.25) is 4.90 Å². The standard InChI is InChI=1S/C18H23N3/c1-15-7-6-10-18(19-15)21-12-11-20(13-16(21)2)14-17-8-4-3-5-9-17/h3-10,16H,11-14H2,1-2H3/t16-/m0/s1. The number of hydrogen-bond donors (Lipinski definition) is 0. The molecule has 2 aromatic rings. The van der Waals surface area contributed by atoms with Gasteiger partial charge in [-0.15, -0.1) is 0 Å². The quantitative estimate of drug-likeness (QED) is 0.862. The SMILES string of the molecule is Cc1cccc(N2CCN(Cc3ccccc3)C[C@@H]2C)n1. The van der Waals surface area contributed by atoms with Crippen LogP contribution in [0.25, 0.3) is 0 Å². The highest BCUT2D eigenvalue weighted by Crippen LogP contribution is 2.19. The molecule has 21 heavy (non-hydrogen) atoms. The fourth-order valence-corrected chi connectivity index (χ4v) is 3.05. The maximum absolute atomic E-state index is 4.66. The molecule has 2 heterocycles. The molecule has 1 saturated heterocycles. The van der Waals surface area contributed by atoms with Crippen molar-refractivity contribution in [3.63, 3.8) is 0 Å². The van der Waals surface area contributed by atoms with Gasteiger partial charge in [0.15, 0.2) is 0 Å². The van der Waals surface area contributed by atoms with E-state index in [-0.39, 0.29) is 0 Å². The molecule has 1 aliphatic rings. The molecule has 3 rings (SSSR count). The predicted octanol–water partition coefficient (Wildman–Crippen LogP) is 3.10. The number of benzene rings is 1. The van der Waals surface area contributed by atoms with E-state index in [0.717, 1.165) is 37.7 Å². The molecule has 1 aromatic carbocycles. The Labute approximate surface area is 127 Å². The molecule has 0 saturated carbocycles. The molecule has 3 nitrogen and oxygen atoms in total. The largest absolute Gasteiger partial charge is 0.351 e. The van der Waals surface area contributed by atoms with Crippen molar-refractivity contribution in [1.82, 2.24) is 9.88 Å². The molecule has 0 spiro atoms. The monoisotopic (exact) mass is 281 g/mol. The fourth-order valence-electron chi connectivity index (χ4n) is 3.05. The zero-order chi connectivity index (χ0) is 14.7. The number of pyridine rings is 1. The van der Waals surface area contributed by atoms with E-state index in [2.05, 4.69) is 77.2 Å². The Kier molecular flexibility index (Phi) is 4.20. The summed E-state index contributed by atoms with van der Waals surface area (Å²) in [5.41, 5.74) is 2.48. The van der Waals surface area contributed by atoms with Crippen LogP contribution in [0.3, 0.4) is 0 Å². The smallest absolute Gasteiger partial charge is 0.129 e. The molecule has 110 valence electrons. The molecule has 0 radical (unpaired) electrons. The van der Waals surface area contributed by atoms with Crippen LogP contribution < -0.4 is 4.90 Å². The number of rotatable bonds is 3. The van der Waals surface area contributed by atoms with Gasteiger partial charge in [0.1, 0.15) is 5.82 Å². The summed E-state index contributed by atoms with van der Waals surface area (Å²) in [5, 5.41) is 0. The summed E-state index contributed by atoms with van der Waals surface area (Å²) in [4.78, 5) is 9.62. The highest BCUT2D eigenvalue weighted by atomic mass is 15.3. The Balaban J connectivity index is 1.64. The number of hydrogen-bond acceptors (Lipinski definition) is 3. The van der Waals surface area contributed by atoms with Crippen molar-refractivity contribution in [3.8, 4) is 0 Å². The van der Waals surface area contributed by atoms with Gasteiger partial charge < -0.3 is 4.90 Å². The molecule has 1 fully saturated rings. The van der Waals surface area contributed by atoms with Crippen molar-refractivity contribution < 1.29 is 0 Å². The Morgan fingerprint density at radius 1 is 1.05 bits per heavy atom. The van der Waals surface area contributed by atoms with E-state index in [1.54, 1.807) is 0 Å². The molecule has 0 bridgehead atoms. The highest BCUT2D eigenvalue weighted by Gasteiger charge is 2.24. The summed E-state index contributed by atoms with van der Waals surface area (Å²) in [7, 11) is 0. The predicted molar refractivity (Wildman–Crippen MR) is 87.5 cm³/mol. The molecule has 0 N–H and O–H groups in total. The number of aromatic nitrogens is 1. The lowest BCUT2D eigenvalue weighted by molar-refractivity contribution is 0.220. The van der Waals surface area contributed by atoms with E-state index in [1.807, 2.05) is 0 Å². The Morgan fingerprint density at radius 2 is 1.86 bits per heavy atom. The molecule has 0 unspecified atom stereocenters. The minimum atomic E-state index is 0.497. The first kappa shape index (κ1) is 14.1. The van der Waals surface area contributed by atoms with Crippen molar-refractivity contribution in [2.45, 2.75) is 26.4 Å². The third-order valence-electron chi connectivity index (χ3n) is 4.13. The van der Waals surface area contributed by atoms with Gasteiger partial charge in [-0.05, 0) is 31.5 Å². The zero-order valence-electron chi connectivity index (χ0n) is 12.9. The van der Waals surface area contributed by atoms with Gasteiger partial charge in [0.25, 0.3) is 0 Å². The lowest BCUT2D eigenvalue weighted by Crippen LogP contribution is -2.51. The van der Waals surface area contributed by atoms with E-state index in [1.165, 1.54) is 5.56 Å². The van der Waals surface area contributed by atoms with Crippen LogP contribution in [0.5, 0.6) is 0 Å². The van der Waals surface area contributed by atoms with Crippen molar-refractivity contribution in [1.29, 1.82) is 0 Å². The van der Waals surface area contributed by atoms with Gasteiger partial charge in [-0.25, -0.2) is 4.98 Å². The second-order valence-electron chi connectivity index (χ2n) is 5.90. The Bertz CT molecular complexity index is 582. The van der Waals surface area contributed by atoms with Crippen LogP contribution in [0.15, 0.2) is 48.5 Å². The molecular formula is C18H23N3. The summed E-state index contributed by atoms with van der Waals surface area (Å²) in [6.45, 7) is 8.62. The second kappa shape index (κ2) is 6.27. The van der Waals surface area contributed by atoms with Gasteiger partial charge >= 0.3 is 0 Å². The lowest BCUT2D eigenvalue weighted by Gasteiger charge is -2.40. The van der Waals surface area contributed by atoms with E-state index in [0.29, 0.717) is 6.04 Å². The first-order chi connectivity index (χ1) is 10.2. The van der Waals surface area contributed by atoms with Crippen LogP contribution in [-0.4, -0.2) is 35.6 Å². The lowest BCUT2D eigenvalue weighted by atomic mass is 10.1. The molecule has 1 aliphatic heterocycles. The van der Waals surface area contributed by atoms with Crippen LogP contribution in [0.4, 0.5) is 5.82 Å². The molecule has 3 heteroatoms. The third-order valence-corrected chi connectivity index (χ3v) is 4.13. The van der Waals surface area contributed by atoms with Gasteiger partial charge in [0.2, 0.25) is 0 Å². The Morgan fingerprint density at radius 3 is 2.57 bits per heavy atom. The summed E-state index contributed by atoms with van der Waals surface area (Å²) in [5.74, 6) is 1.11. The number of aryl methyl sites for hydroxylation is 1. The zero-order valence-corrected chi connectivity index (χ0v) is 12.9. The van der Waals surface area contributed by atoms with E-state index < -0.39 is 0 Å². The molecule has 0 aliphatic carbocycles.